The Kier molecular flexibility index (Phi) is 4.96. The number of hydrogen-bond donors (Lipinski definition) is 0. The fraction of sp³-hybridized carbons (Fsp3) is 0.462. The highest BCUT2D eigenvalue weighted by Gasteiger charge is 2.29. The normalized spacial score (nSPS) is 23.5. The van der Waals surface area contributed by atoms with Crippen LogP contribution in [0.4, 0.5) is 0 Å². The van der Waals surface area contributed by atoms with Crippen LogP contribution in [0.25, 0.3) is 0 Å². The number of carbonyl (C=O) groups excluding carboxylic acids is 1. The van der Waals surface area contributed by atoms with Crippen molar-refractivity contribution in [2.45, 2.75) is 19.1 Å². The summed E-state index contributed by atoms with van der Waals surface area (Å²) in [5.74, 6) is 0.245. The Labute approximate surface area is 127 Å². The molecule has 19 heavy (non-hydrogen) atoms. The van der Waals surface area contributed by atoms with Gasteiger partial charge in [-0.05, 0) is 25.1 Å². The molecule has 2 rings (SSSR count). The summed E-state index contributed by atoms with van der Waals surface area (Å²) in [5.41, 5.74) is 0.452. The number of alkyl halides is 1. The Bertz CT molecular complexity index is 481. The fourth-order valence-corrected chi connectivity index (χ4v) is 2.79. The van der Waals surface area contributed by atoms with Gasteiger partial charge in [0, 0.05) is 18.1 Å². The van der Waals surface area contributed by atoms with Gasteiger partial charge in [-0.25, -0.2) is 0 Å². The topological polar surface area (TPSA) is 29.5 Å². The van der Waals surface area contributed by atoms with E-state index in [1.807, 2.05) is 6.92 Å². The molecule has 0 radical (unpaired) electrons. The number of carbonyl (C=O) groups is 1. The standard InChI is InChI=1S/C13H14Cl3NO2/c1-8-6-17(7-10(5-14)19-8)13(18)11-3-2-9(15)4-12(11)16/h2-4,8,10H,5-7H2,1H3. The van der Waals surface area contributed by atoms with Crippen LogP contribution in [-0.2, 0) is 4.74 Å². The monoisotopic (exact) mass is 321 g/mol. The summed E-state index contributed by atoms with van der Waals surface area (Å²) >= 11 is 17.7. The number of ether oxygens (including phenoxy) is 1. The first kappa shape index (κ1) is 14.9. The van der Waals surface area contributed by atoms with Crippen molar-refractivity contribution in [2.24, 2.45) is 0 Å². The third-order valence-corrected chi connectivity index (χ3v) is 3.84. The molecule has 0 bridgehead atoms. The number of nitrogens with zero attached hydrogens (tertiary/aromatic N) is 1. The van der Waals surface area contributed by atoms with E-state index in [-0.39, 0.29) is 18.1 Å². The molecule has 1 saturated heterocycles. The summed E-state index contributed by atoms with van der Waals surface area (Å²) in [4.78, 5) is 14.2. The Morgan fingerprint density at radius 1 is 1.42 bits per heavy atom. The van der Waals surface area contributed by atoms with Crippen molar-refractivity contribution in [1.29, 1.82) is 0 Å². The van der Waals surface area contributed by atoms with Gasteiger partial charge in [0.25, 0.3) is 5.91 Å². The van der Waals surface area contributed by atoms with Gasteiger partial charge in [0.15, 0.2) is 0 Å². The number of morpholine rings is 1. The van der Waals surface area contributed by atoms with Crippen LogP contribution in [0, 0.1) is 0 Å². The first-order valence-electron chi connectivity index (χ1n) is 5.97. The average molecular weight is 323 g/mol. The van der Waals surface area contributed by atoms with Gasteiger partial charge in [-0.2, -0.15) is 0 Å². The molecule has 1 fully saturated rings. The van der Waals surface area contributed by atoms with Crippen LogP contribution < -0.4 is 0 Å². The highest BCUT2D eigenvalue weighted by molar-refractivity contribution is 6.36. The molecule has 104 valence electrons. The van der Waals surface area contributed by atoms with E-state index in [1.54, 1.807) is 23.1 Å². The lowest BCUT2D eigenvalue weighted by Gasteiger charge is -2.36. The van der Waals surface area contributed by atoms with E-state index in [0.29, 0.717) is 34.6 Å². The first-order valence-corrected chi connectivity index (χ1v) is 7.26. The van der Waals surface area contributed by atoms with Crippen LogP contribution in [-0.4, -0.2) is 42.0 Å². The molecule has 0 aromatic heterocycles. The Morgan fingerprint density at radius 3 is 2.79 bits per heavy atom. The van der Waals surface area contributed by atoms with E-state index in [4.69, 9.17) is 39.5 Å². The van der Waals surface area contributed by atoms with Crippen molar-refractivity contribution in [3.63, 3.8) is 0 Å². The SMILES string of the molecule is CC1CN(C(=O)c2ccc(Cl)cc2Cl)CC(CCl)O1. The van der Waals surface area contributed by atoms with Gasteiger partial charge in [0.05, 0.1) is 28.7 Å². The highest BCUT2D eigenvalue weighted by Crippen LogP contribution is 2.24. The van der Waals surface area contributed by atoms with Crippen molar-refractivity contribution in [3.05, 3.63) is 33.8 Å². The van der Waals surface area contributed by atoms with E-state index in [0.717, 1.165) is 0 Å². The zero-order valence-corrected chi connectivity index (χ0v) is 12.7. The van der Waals surface area contributed by atoms with E-state index in [9.17, 15) is 4.79 Å². The molecule has 0 aliphatic carbocycles. The van der Waals surface area contributed by atoms with Crippen molar-refractivity contribution in [1.82, 2.24) is 4.90 Å². The maximum absolute atomic E-state index is 12.4. The van der Waals surface area contributed by atoms with Gasteiger partial charge in [0.2, 0.25) is 0 Å². The second-order valence-corrected chi connectivity index (χ2v) is 5.71. The lowest BCUT2D eigenvalue weighted by molar-refractivity contribution is -0.0570. The van der Waals surface area contributed by atoms with Crippen LogP contribution >= 0.6 is 34.8 Å². The maximum atomic E-state index is 12.4. The smallest absolute Gasteiger partial charge is 0.255 e. The molecule has 1 aliphatic rings. The maximum Gasteiger partial charge on any atom is 0.255 e. The second kappa shape index (κ2) is 6.31. The zero-order chi connectivity index (χ0) is 14.0. The number of rotatable bonds is 2. The van der Waals surface area contributed by atoms with Crippen LogP contribution in [0.3, 0.4) is 0 Å². The summed E-state index contributed by atoms with van der Waals surface area (Å²) < 4.78 is 5.62. The molecule has 0 spiro atoms. The van der Waals surface area contributed by atoms with Gasteiger partial charge < -0.3 is 9.64 Å². The fourth-order valence-electron chi connectivity index (χ4n) is 2.13. The van der Waals surface area contributed by atoms with Gasteiger partial charge in [0.1, 0.15) is 0 Å². The van der Waals surface area contributed by atoms with Gasteiger partial charge in [-0.1, -0.05) is 23.2 Å². The molecule has 1 aromatic carbocycles. The molecule has 1 aliphatic heterocycles. The molecule has 0 N–H and O–H groups in total. The molecule has 1 heterocycles. The van der Waals surface area contributed by atoms with E-state index < -0.39 is 0 Å². The highest BCUT2D eigenvalue weighted by atomic mass is 35.5. The van der Waals surface area contributed by atoms with Crippen LogP contribution in [0.1, 0.15) is 17.3 Å². The van der Waals surface area contributed by atoms with Crippen molar-refractivity contribution in [2.75, 3.05) is 19.0 Å². The molecular formula is C13H14Cl3NO2. The first-order chi connectivity index (χ1) is 9.01. The largest absolute Gasteiger partial charge is 0.370 e. The summed E-state index contributed by atoms with van der Waals surface area (Å²) in [7, 11) is 0. The van der Waals surface area contributed by atoms with E-state index >= 15 is 0 Å². The Balaban J connectivity index is 2.18. The molecule has 1 aromatic rings. The van der Waals surface area contributed by atoms with Crippen LogP contribution in [0.5, 0.6) is 0 Å². The molecular weight excluding hydrogens is 309 g/mol. The van der Waals surface area contributed by atoms with Crippen LogP contribution in [0.2, 0.25) is 10.0 Å². The second-order valence-electron chi connectivity index (χ2n) is 4.56. The van der Waals surface area contributed by atoms with Gasteiger partial charge in [-0.15, -0.1) is 11.6 Å². The van der Waals surface area contributed by atoms with Gasteiger partial charge >= 0.3 is 0 Å². The zero-order valence-electron chi connectivity index (χ0n) is 10.4. The van der Waals surface area contributed by atoms with E-state index in [1.165, 1.54) is 0 Å². The van der Waals surface area contributed by atoms with Crippen molar-refractivity contribution in [3.8, 4) is 0 Å². The Hall–Kier alpha value is -0.480. The lowest BCUT2D eigenvalue weighted by atomic mass is 10.1. The predicted molar refractivity (Wildman–Crippen MR) is 77.4 cm³/mol. The van der Waals surface area contributed by atoms with Crippen molar-refractivity contribution >= 4 is 40.7 Å². The summed E-state index contributed by atoms with van der Waals surface area (Å²) in [6.07, 6.45) is -0.173. The minimum Gasteiger partial charge on any atom is -0.370 e. The van der Waals surface area contributed by atoms with E-state index in [2.05, 4.69) is 0 Å². The minimum atomic E-state index is -0.138. The number of amides is 1. The number of hydrogen-bond acceptors (Lipinski definition) is 2. The van der Waals surface area contributed by atoms with Gasteiger partial charge in [-0.3, -0.25) is 4.79 Å². The molecule has 2 atom stereocenters. The average Bonchev–Trinajstić information content (AvgIpc) is 2.37. The third kappa shape index (κ3) is 3.54. The third-order valence-electron chi connectivity index (χ3n) is 2.95. The molecule has 6 heteroatoms. The van der Waals surface area contributed by atoms with Crippen LogP contribution in [0.15, 0.2) is 18.2 Å². The predicted octanol–water partition coefficient (Wildman–Crippen LogP) is 3.46. The lowest BCUT2D eigenvalue weighted by Crippen LogP contribution is -2.49. The molecule has 1 amide bonds. The quantitative estimate of drug-likeness (QED) is 0.780. The number of benzene rings is 1. The molecule has 3 nitrogen and oxygen atoms in total. The minimum absolute atomic E-state index is 0.0347. The number of halogens is 3. The summed E-state index contributed by atoms with van der Waals surface area (Å²) in [6.45, 7) is 2.93. The molecule has 0 saturated carbocycles. The molecule has 2 unspecified atom stereocenters. The van der Waals surface area contributed by atoms with Crippen molar-refractivity contribution < 1.29 is 9.53 Å². The summed E-state index contributed by atoms with van der Waals surface area (Å²) in [5, 5.41) is 0.870. The Morgan fingerprint density at radius 2 is 2.16 bits per heavy atom. The summed E-state index contributed by atoms with van der Waals surface area (Å²) in [6, 6.07) is 4.87.